The summed E-state index contributed by atoms with van der Waals surface area (Å²) in [7, 11) is -7.16. The number of nitrogens with one attached hydrogen (secondary N) is 1. The molecule has 0 atom stereocenters. The van der Waals surface area contributed by atoms with Gasteiger partial charge in [-0.3, -0.25) is 0 Å². The zero-order valence-corrected chi connectivity index (χ0v) is 26.2. The molecule has 7 nitrogen and oxygen atoms in total. The Bertz CT molecular complexity index is 1260. The Morgan fingerprint density at radius 3 is 0.944 bits per heavy atom. The summed E-state index contributed by atoms with van der Waals surface area (Å²) >= 11 is 0. The monoisotopic (exact) mass is 881 g/mol. The minimum atomic E-state index is -7.16. The molecule has 1 N–H and O–H groups in total. The van der Waals surface area contributed by atoms with Crippen molar-refractivity contribution in [3.8, 4) is 0 Å². The normalized spacial score (nSPS) is 17.4. The third-order valence-electron chi connectivity index (χ3n) is 5.68. The second-order valence-electron chi connectivity index (χ2n) is 10.2. The van der Waals surface area contributed by atoms with Gasteiger partial charge in [0.05, 0.1) is 0 Å². The first-order chi connectivity index (χ1) is 24.2. The standard InChI is InChI=1S/C22H20F24NO6P/c23-11(24)17(35,36)1-48-7-8(49-2-18(37,38)12(25)26)10(51-4-20(41,42)14(29)30)54(52-5-21(43,44)15(31)32,53-6-22(45,46)16(33)34)47-9(7)50-3-19(39,40)13(27)28/h11-16,47,54H,1-6H2. The summed E-state index contributed by atoms with van der Waals surface area (Å²) in [4.78, 5) is 0. The van der Waals surface area contributed by atoms with Crippen LogP contribution in [0, 0.1) is 0 Å². The Labute approximate surface area is 284 Å². The van der Waals surface area contributed by atoms with Crippen molar-refractivity contribution in [2.45, 2.75) is 74.1 Å². The van der Waals surface area contributed by atoms with Crippen molar-refractivity contribution < 1.29 is 133 Å². The van der Waals surface area contributed by atoms with Crippen LogP contribution in [0.25, 0.3) is 0 Å². The van der Waals surface area contributed by atoms with Gasteiger partial charge in [-0.25, -0.2) is 0 Å². The van der Waals surface area contributed by atoms with Crippen molar-refractivity contribution in [3.05, 3.63) is 22.9 Å². The zero-order chi connectivity index (χ0) is 42.5. The molecular weight excluding hydrogens is 861 g/mol. The molecule has 0 aromatic rings. The Morgan fingerprint density at radius 1 is 0.370 bits per heavy atom. The van der Waals surface area contributed by atoms with Crippen molar-refractivity contribution in [1.82, 2.24) is 5.09 Å². The van der Waals surface area contributed by atoms with Gasteiger partial charge < -0.3 is 0 Å². The van der Waals surface area contributed by atoms with E-state index in [1.54, 1.807) is 0 Å². The van der Waals surface area contributed by atoms with Crippen LogP contribution >= 0.6 is 7.87 Å². The summed E-state index contributed by atoms with van der Waals surface area (Å²) in [5, 5.41) is 0.911. The SMILES string of the molecule is FC(F)C(F)(F)COC1=C(OCC(F)(F)C(F)F)C(OCC(F)(F)C(F)F)=C(OCC(F)(F)C(F)F)[PH](OCC(F)(F)C(F)F)(OCC(F)(F)C(F)F)N1. The molecule has 322 valence electrons. The van der Waals surface area contributed by atoms with Gasteiger partial charge in [-0.1, -0.05) is 0 Å². The molecule has 0 saturated carbocycles. The third kappa shape index (κ3) is 12.9. The van der Waals surface area contributed by atoms with E-state index >= 15 is 0 Å². The Balaban J connectivity index is 4.45. The van der Waals surface area contributed by atoms with Crippen molar-refractivity contribution in [3.63, 3.8) is 0 Å². The zero-order valence-electron chi connectivity index (χ0n) is 25.2. The van der Waals surface area contributed by atoms with E-state index in [2.05, 4.69) is 28.0 Å². The predicted molar refractivity (Wildman–Crippen MR) is 127 cm³/mol. The average molecular weight is 881 g/mol. The fraction of sp³-hybridized carbons (Fsp3) is 0.818. The number of halogens is 24. The number of rotatable bonds is 24. The van der Waals surface area contributed by atoms with Gasteiger partial charge in [-0.05, 0) is 0 Å². The summed E-state index contributed by atoms with van der Waals surface area (Å²) in [5.74, 6) is -41.7. The summed E-state index contributed by atoms with van der Waals surface area (Å²) in [6, 6.07) is 0. The van der Waals surface area contributed by atoms with Crippen molar-refractivity contribution in [1.29, 1.82) is 0 Å². The van der Waals surface area contributed by atoms with E-state index in [1.165, 1.54) is 0 Å². The Morgan fingerprint density at radius 2 is 0.630 bits per heavy atom. The molecule has 0 saturated heterocycles. The predicted octanol–water partition coefficient (Wildman–Crippen LogP) is 8.92. The molecule has 1 aliphatic rings. The van der Waals surface area contributed by atoms with Crippen LogP contribution < -0.4 is 5.09 Å². The van der Waals surface area contributed by atoms with E-state index in [-0.39, 0.29) is 0 Å². The van der Waals surface area contributed by atoms with Crippen LogP contribution in [-0.4, -0.2) is 114 Å². The van der Waals surface area contributed by atoms with Gasteiger partial charge >= 0.3 is 283 Å². The van der Waals surface area contributed by atoms with Crippen molar-refractivity contribution in [2.24, 2.45) is 0 Å². The molecule has 0 aliphatic carbocycles. The van der Waals surface area contributed by atoms with E-state index in [0.29, 0.717) is 0 Å². The Hall–Kier alpha value is -2.85. The van der Waals surface area contributed by atoms with Crippen LogP contribution in [0.3, 0.4) is 0 Å². The fourth-order valence-electron chi connectivity index (χ4n) is 2.84. The van der Waals surface area contributed by atoms with Crippen LogP contribution in [0.4, 0.5) is 105 Å². The summed E-state index contributed by atoms with van der Waals surface area (Å²) in [5.41, 5.74) is -2.73. The number of hydrogen-bond acceptors (Lipinski definition) is 7. The second-order valence-corrected chi connectivity index (χ2v) is 12.7. The van der Waals surface area contributed by atoms with Gasteiger partial charge in [0.1, 0.15) is 0 Å². The third-order valence-corrected chi connectivity index (χ3v) is 8.31. The molecule has 0 unspecified atom stereocenters. The quantitative estimate of drug-likeness (QED) is 0.0768. The van der Waals surface area contributed by atoms with Gasteiger partial charge in [0.25, 0.3) is 0 Å². The van der Waals surface area contributed by atoms with Crippen LogP contribution in [0.15, 0.2) is 22.9 Å². The van der Waals surface area contributed by atoms with E-state index in [1.807, 2.05) is 0 Å². The molecule has 32 heteroatoms. The maximum atomic E-state index is 14.0. The molecule has 0 radical (unpaired) electrons. The first-order valence-electron chi connectivity index (χ1n) is 13.2. The summed E-state index contributed by atoms with van der Waals surface area (Å²) < 4.78 is 346. The number of hydrogen-bond donors (Lipinski definition) is 1. The van der Waals surface area contributed by atoms with Gasteiger partial charge in [0.15, 0.2) is 0 Å². The van der Waals surface area contributed by atoms with Crippen molar-refractivity contribution in [2.75, 3.05) is 39.6 Å². The summed E-state index contributed by atoms with van der Waals surface area (Å²) in [6.07, 6.45) is -29.6. The van der Waals surface area contributed by atoms with Crippen LogP contribution in [0.1, 0.15) is 0 Å². The van der Waals surface area contributed by atoms with Crippen LogP contribution in [-0.2, 0) is 28.0 Å². The molecule has 1 aliphatic heterocycles. The molecule has 0 amide bonds. The molecule has 0 spiro atoms. The molecule has 0 aromatic heterocycles. The molecule has 1 heterocycles. The summed E-state index contributed by atoms with van der Waals surface area (Å²) in [6.45, 7) is -18.5. The van der Waals surface area contributed by atoms with E-state index in [0.717, 1.165) is 5.09 Å². The molecular formula is C22H20F24NO6P. The van der Waals surface area contributed by atoms with E-state index < -0.39 is 144 Å². The van der Waals surface area contributed by atoms with Gasteiger partial charge in [-0.2, -0.15) is 0 Å². The van der Waals surface area contributed by atoms with Gasteiger partial charge in [0.2, 0.25) is 0 Å². The molecule has 0 bridgehead atoms. The first-order valence-corrected chi connectivity index (χ1v) is 15.0. The Kier molecular flexibility index (Phi) is 16.3. The number of ether oxygens (including phenoxy) is 4. The average Bonchev–Trinajstić information content (AvgIpc) is 3.02. The maximum absolute atomic E-state index is 14.0. The molecule has 1 rings (SSSR count). The van der Waals surface area contributed by atoms with Crippen LogP contribution in [0.5, 0.6) is 0 Å². The number of alkyl halides is 24. The minimum absolute atomic E-state index is 0.911. The molecule has 0 fully saturated rings. The molecule has 54 heavy (non-hydrogen) atoms. The van der Waals surface area contributed by atoms with Crippen molar-refractivity contribution >= 4 is 7.87 Å². The fourth-order valence-corrected chi connectivity index (χ4v) is 5.46. The topological polar surface area (TPSA) is 67.4 Å². The second kappa shape index (κ2) is 18.0. The first kappa shape index (κ1) is 49.2. The van der Waals surface area contributed by atoms with E-state index in [9.17, 15) is 105 Å². The van der Waals surface area contributed by atoms with E-state index in [4.69, 9.17) is 0 Å². The van der Waals surface area contributed by atoms with Gasteiger partial charge in [-0.15, -0.1) is 0 Å². The molecule has 0 aromatic carbocycles. The van der Waals surface area contributed by atoms with Gasteiger partial charge in [0, 0.05) is 0 Å². The van der Waals surface area contributed by atoms with Crippen LogP contribution in [0.2, 0.25) is 0 Å².